The van der Waals surface area contributed by atoms with Crippen LogP contribution in [0.5, 0.6) is 5.75 Å². The van der Waals surface area contributed by atoms with Gasteiger partial charge < -0.3 is 19.0 Å². The summed E-state index contributed by atoms with van der Waals surface area (Å²) in [4.78, 5) is 25.7. The summed E-state index contributed by atoms with van der Waals surface area (Å²) in [5.74, 6) is -1.05. The van der Waals surface area contributed by atoms with Crippen LogP contribution in [0.3, 0.4) is 0 Å². The van der Waals surface area contributed by atoms with Crippen molar-refractivity contribution in [3.05, 3.63) is 89.5 Å². The monoisotopic (exact) mass is 551 g/mol. The number of carbonyl (C=O) groups is 2. The summed E-state index contributed by atoms with van der Waals surface area (Å²) >= 11 is 0. The quantitative estimate of drug-likeness (QED) is 0.292. The largest absolute Gasteiger partial charge is 0.460 e. The van der Waals surface area contributed by atoms with E-state index >= 15 is 0 Å². The van der Waals surface area contributed by atoms with Gasteiger partial charge in [-0.2, -0.15) is 8.42 Å². The van der Waals surface area contributed by atoms with Crippen molar-refractivity contribution in [1.29, 1.82) is 0 Å². The molecule has 206 valence electrons. The van der Waals surface area contributed by atoms with E-state index in [0.717, 1.165) is 34.1 Å². The highest BCUT2D eigenvalue weighted by Crippen LogP contribution is 2.44. The number of carbonyl (C=O) groups excluding carboxylic acids is 2. The van der Waals surface area contributed by atoms with Gasteiger partial charge in [0.05, 0.1) is 12.2 Å². The van der Waals surface area contributed by atoms with E-state index in [9.17, 15) is 18.0 Å². The predicted molar refractivity (Wildman–Crippen MR) is 148 cm³/mol. The van der Waals surface area contributed by atoms with Gasteiger partial charge in [0.25, 0.3) is 0 Å². The first kappa shape index (κ1) is 28.2. The van der Waals surface area contributed by atoms with Crippen molar-refractivity contribution in [3.8, 4) is 16.9 Å². The minimum Gasteiger partial charge on any atom is -0.460 e. The molecule has 39 heavy (non-hydrogen) atoms. The van der Waals surface area contributed by atoms with Gasteiger partial charge in [0.1, 0.15) is 18.0 Å². The molecule has 1 unspecified atom stereocenters. The lowest BCUT2D eigenvalue weighted by Crippen LogP contribution is -2.38. The van der Waals surface area contributed by atoms with Crippen molar-refractivity contribution in [2.45, 2.75) is 38.7 Å². The Morgan fingerprint density at radius 3 is 2.00 bits per heavy atom. The van der Waals surface area contributed by atoms with Crippen LogP contribution in [0, 0.1) is 5.92 Å². The van der Waals surface area contributed by atoms with E-state index in [0.29, 0.717) is 0 Å². The molecule has 0 fully saturated rings. The number of rotatable bonds is 9. The number of esters is 1. The summed E-state index contributed by atoms with van der Waals surface area (Å²) in [6.45, 7) is 5.50. The Balaban J connectivity index is 1.40. The van der Waals surface area contributed by atoms with Gasteiger partial charge in [-0.25, -0.2) is 4.79 Å². The van der Waals surface area contributed by atoms with Crippen molar-refractivity contribution in [3.63, 3.8) is 0 Å². The Kier molecular flexibility index (Phi) is 8.30. The molecular formula is C30H33NO7S. The zero-order valence-corrected chi connectivity index (χ0v) is 23.3. The molecule has 1 atom stereocenters. The number of ether oxygens (including phenoxy) is 2. The number of benzene rings is 3. The van der Waals surface area contributed by atoms with Gasteiger partial charge >= 0.3 is 22.2 Å². The maximum absolute atomic E-state index is 13.0. The van der Waals surface area contributed by atoms with Crippen LogP contribution in [-0.2, 0) is 30.8 Å². The van der Waals surface area contributed by atoms with Crippen LogP contribution in [0.25, 0.3) is 11.1 Å². The van der Waals surface area contributed by atoms with Crippen LogP contribution < -0.4 is 9.50 Å². The van der Waals surface area contributed by atoms with Gasteiger partial charge in [0.2, 0.25) is 0 Å². The molecule has 8 nitrogen and oxygen atoms in total. The first-order chi connectivity index (χ1) is 18.4. The van der Waals surface area contributed by atoms with E-state index in [1.54, 1.807) is 32.9 Å². The second-order valence-corrected chi connectivity index (χ2v) is 12.1. The first-order valence-corrected chi connectivity index (χ1v) is 14.5. The van der Waals surface area contributed by atoms with Gasteiger partial charge in [-0.05, 0) is 67.1 Å². The molecule has 0 radical (unpaired) electrons. The molecule has 0 heterocycles. The Morgan fingerprint density at radius 2 is 1.46 bits per heavy atom. The van der Waals surface area contributed by atoms with E-state index in [4.69, 9.17) is 13.7 Å². The lowest BCUT2D eigenvalue weighted by atomic mass is 9.98. The van der Waals surface area contributed by atoms with Gasteiger partial charge in [0, 0.05) is 12.5 Å². The Morgan fingerprint density at radius 1 is 0.897 bits per heavy atom. The number of hydrogen-bond donors (Lipinski definition) is 1. The average Bonchev–Trinajstić information content (AvgIpc) is 3.18. The minimum atomic E-state index is -3.65. The highest BCUT2D eigenvalue weighted by atomic mass is 32.2. The summed E-state index contributed by atoms with van der Waals surface area (Å²) < 4.78 is 38.8. The third kappa shape index (κ3) is 7.60. The standard InChI is InChI=1S/C30H33NO7S/c1-30(2,3)37-28(32)21(17-20-13-15-22(16-14-20)38-39(4,34)35)18-31-29(33)36-19-27-25-11-7-5-9-23(25)24-10-6-8-12-26(24)27/h5-16,21,27H,17-19H2,1-4H3,(H,31,33). The third-order valence-corrected chi connectivity index (χ3v) is 6.72. The molecule has 0 spiro atoms. The molecule has 0 bridgehead atoms. The number of alkyl carbamates (subject to hydrolysis) is 1. The van der Waals surface area contributed by atoms with E-state index in [1.165, 1.54) is 12.1 Å². The second kappa shape index (κ2) is 11.5. The van der Waals surface area contributed by atoms with Gasteiger partial charge in [-0.1, -0.05) is 60.7 Å². The number of hydrogen-bond acceptors (Lipinski definition) is 7. The van der Waals surface area contributed by atoms with E-state index in [1.807, 2.05) is 36.4 Å². The second-order valence-electron chi connectivity index (χ2n) is 10.6. The molecule has 1 aliphatic rings. The molecule has 1 aliphatic carbocycles. The summed E-state index contributed by atoms with van der Waals surface area (Å²) in [6, 6.07) is 22.5. The Labute approximate surface area is 229 Å². The summed E-state index contributed by atoms with van der Waals surface area (Å²) in [5, 5.41) is 2.72. The molecule has 0 saturated carbocycles. The molecule has 0 aliphatic heterocycles. The van der Waals surface area contributed by atoms with Gasteiger partial charge in [-0.3, -0.25) is 4.79 Å². The molecule has 1 N–H and O–H groups in total. The summed E-state index contributed by atoms with van der Waals surface area (Å²) in [7, 11) is -3.65. The molecule has 0 saturated heterocycles. The maximum Gasteiger partial charge on any atom is 0.407 e. The predicted octanol–water partition coefficient (Wildman–Crippen LogP) is 5.06. The highest BCUT2D eigenvalue weighted by molar-refractivity contribution is 7.86. The Hall–Kier alpha value is -3.85. The zero-order valence-electron chi connectivity index (χ0n) is 22.5. The molecule has 3 aromatic rings. The minimum absolute atomic E-state index is 0.00712. The third-order valence-electron chi connectivity index (χ3n) is 6.23. The van der Waals surface area contributed by atoms with Crippen LogP contribution in [0.2, 0.25) is 0 Å². The summed E-state index contributed by atoms with van der Waals surface area (Å²) in [6.07, 6.45) is 0.605. The van der Waals surface area contributed by atoms with Crippen molar-refractivity contribution in [1.82, 2.24) is 5.32 Å². The van der Waals surface area contributed by atoms with Crippen molar-refractivity contribution in [2.24, 2.45) is 5.92 Å². The molecule has 9 heteroatoms. The van der Waals surface area contributed by atoms with Crippen LogP contribution in [0.4, 0.5) is 4.79 Å². The fourth-order valence-corrected chi connectivity index (χ4v) is 5.08. The van der Waals surface area contributed by atoms with Crippen LogP contribution in [0.1, 0.15) is 43.4 Å². The zero-order chi connectivity index (χ0) is 28.2. The smallest absolute Gasteiger partial charge is 0.407 e. The van der Waals surface area contributed by atoms with Crippen molar-refractivity contribution >= 4 is 22.2 Å². The van der Waals surface area contributed by atoms with Gasteiger partial charge in [-0.15, -0.1) is 0 Å². The SMILES string of the molecule is CC(C)(C)OC(=O)C(CNC(=O)OCC1c2ccccc2-c2ccccc21)Cc1ccc(OS(C)(=O)=O)cc1. The lowest BCUT2D eigenvalue weighted by Gasteiger charge is -2.24. The lowest BCUT2D eigenvalue weighted by molar-refractivity contribution is -0.159. The topological polar surface area (TPSA) is 108 Å². The van der Waals surface area contributed by atoms with Crippen LogP contribution in [0.15, 0.2) is 72.8 Å². The van der Waals surface area contributed by atoms with Crippen molar-refractivity contribution in [2.75, 3.05) is 19.4 Å². The normalized spacial score (nSPS) is 13.6. The van der Waals surface area contributed by atoms with E-state index in [-0.39, 0.29) is 31.2 Å². The van der Waals surface area contributed by atoms with Crippen LogP contribution in [-0.4, -0.2) is 45.5 Å². The van der Waals surface area contributed by atoms with Crippen LogP contribution >= 0.6 is 0 Å². The number of fused-ring (bicyclic) bond motifs is 3. The maximum atomic E-state index is 13.0. The molecular weight excluding hydrogens is 518 g/mol. The molecule has 4 rings (SSSR count). The number of amides is 1. The molecule has 0 aromatic heterocycles. The van der Waals surface area contributed by atoms with Crippen molar-refractivity contribution < 1.29 is 31.7 Å². The fourth-order valence-electron chi connectivity index (χ4n) is 4.62. The Bertz CT molecular complexity index is 1400. The molecule has 1 amide bonds. The average molecular weight is 552 g/mol. The van der Waals surface area contributed by atoms with E-state index < -0.39 is 33.7 Å². The highest BCUT2D eigenvalue weighted by Gasteiger charge is 2.30. The van der Waals surface area contributed by atoms with E-state index in [2.05, 4.69) is 17.4 Å². The molecule has 3 aromatic carbocycles. The fraction of sp³-hybridized carbons (Fsp3) is 0.333. The van der Waals surface area contributed by atoms with Gasteiger partial charge in [0.15, 0.2) is 0 Å². The first-order valence-electron chi connectivity index (χ1n) is 12.7. The number of nitrogens with one attached hydrogen (secondary N) is 1. The summed E-state index contributed by atoms with van der Waals surface area (Å²) in [5.41, 5.74) is 4.55.